The van der Waals surface area contributed by atoms with Gasteiger partial charge >= 0.3 is 0 Å². The molecule has 5 heteroatoms. The molecule has 0 spiro atoms. The Morgan fingerprint density at radius 3 is 2.71 bits per heavy atom. The van der Waals surface area contributed by atoms with Crippen LogP contribution >= 0.6 is 0 Å². The molecule has 1 aromatic rings. The standard InChI is InChI=1S/C19H24N2O3/c22-17-10-9-16(19(23)20-17)21-11-12-24-18-14(7-4-8-15(18)21)13-5-2-1-3-6-13/h4,7-8,13,16H,1-3,5-6,9-12H2,(H,20,22,23). The Kier molecular flexibility index (Phi) is 4.17. The molecule has 24 heavy (non-hydrogen) atoms. The smallest absolute Gasteiger partial charge is 0.249 e. The van der Waals surface area contributed by atoms with E-state index >= 15 is 0 Å². The molecule has 5 nitrogen and oxygen atoms in total. The Morgan fingerprint density at radius 1 is 1.08 bits per heavy atom. The van der Waals surface area contributed by atoms with Crippen LogP contribution in [0.15, 0.2) is 18.2 Å². The number of fused-ring (bicyclic) bond motifs is 1. The fourth-order valence-electron chi connectivity index (χ4n) is 4.33. The van der Waals surface area contributed by atoms with Gasteiger partial charge in [-0.25, -0.2) is 0 Å². The van der Waals surface area contributed by atoms with E-state index in [0.717, 1.165) is 11.4 Å². The maximum Gasteiger partial charge on any atom is 0.249 e. The van der Waals surface area contributed by atoms with Gasteiger partial charge in [0.25, 0.3) is 0 Å². The number of hydrogen-bond acceptors (Lipinski definition) is 4. The van der Waals surface area contributed by atoms with E-state index in [1.54, 1.807) is 0 Å². The summed E-state index contributed by atoms with van der Waals surface area (Å²) < 4.78 is 6.04. The van der Waals surface area contributed by atoms with Crippen molar-refractivity contribution in [3.8, 4) is 5.75 Å². The highest BCUT2D eigenvalue weighted by molar-refractivity contribution is 6.01. The predicted molar refractivity (Wildman–Crippen MR) is 91.3 cm³/mol. The van der Waals surface area contributed by atoms with Gasteiger partial charge in [-0.15, -0.1) is 0 Å². The third kappa shape index (κ3) is 2.76. The maximum absolute atomic E-state index is 12.3. The number of nitrogens with zero attached hydrogens (tertiary/aromatic N) is 1. The average Bonchev–Trinajstić information content (AvgIpc) is 2.62. The first-order chi connectivity index (χ1) is 11.7. The van der Waals surface area contributed by atoms with E-state index in [9.17, 15) is 9.59 Å². The van der Waals surface area contributed by atoms with E-state index in [0.29, 0.717) is 31.9 Å². The molecule has 2 aliphatic heterocycles. The van der Waals surface area contributed by atoms with Gasteiger partial charge in [0, 0.05) is 6.42 Å². The summed E-state index contributed by atoms with van der Waals surface area (Å²) in [5.41, 5.74) is 2.31. The van der Waals surface area contributed by atoms with Crippen LogP contribution in [0.3, 0.4) is 0 Å². The second-order valence-electron chi connectivity index (χ2n) is 7.04. The van der Waals surface area contributed by atoms with Crippen molar-refractivity contribution in [3.63, 3.8) is 0 Å². The van der Waals surface area contributed by atoms with Crippen LogP contribution < -0.4 is 15.0 Å². The summed E-state index contributed by atoms with van der Waals surface area (Å²) in [6.45, 7) is 1.28. The van der Waals surface area contributed by atoms with Gasteiger partial charge in [-0.1, -0.05) is 31.4 Å². The lowest BCUT2D eigenvalue weighted by Crippen LogP contribution is -2.54. The molecule has 1 aromatic carbocycles. The summed E-state index contributed by atoms with van der Waals surface area (Å²) in [7, 11) is 0. The summed E-state index contributed by atoms with van der Waals surface area (Å²) in [6.07, 6.45) is 7.32. The first kappa shape index (κ1) is 15.5. The molecule has 2 amide bonds. The fourth-order valence-corrected chi connectivity index (χ4v) is 4.33. The zero-order chi connectivity index (χ0) is 16.5. The van der Waals surface area contributed by atoms with Gasteiger partial charge in [0.1, 0.15) is 18.4 Å². The lowest BCUT2D eigenvalue weighted by Gasteiger charge is -2.39. The van der Waals surface area contributed by atoms with Crippen LogP contribution in [-0.2, 0) is 9.59 Å². The number of piperidine rings is 1. The van der Waals surface area contributed by atoms with Crippen LogP contribution in [-0.4, -0.2) is 31.0 Å². The van der Waals surface area contributed by atoms with Crippen LogP contribution in [0.1, 0.15) is 56.4 Å². The number of amides is 2. The molecule has 1 saturated heterocycles. The molecule has 0 bridgehead atoms. The highest BCUT2D eigenvalue weighted by Gasteiger charge is 2.35. The number of imide groups is 1. The Labute approximate surface area is 142 Å². The number of para-hydroxylation sites is 1. The number of benzene rings is 1. The normalized spacial score (nSPS) is 25.0. The Hall–Kier alpha value is -2.04. The molecule has 4 rings (SSSR count). The molecule has 1 atom stereocenters. The van der Waals surface area contributed by atoms with Crippen molar-refractivity contribution in [1.29, 1.82) is 0 Å². The van der Waals surface area contributed by atoms with Crippen molar-refractivity contribution in [2.24, 2.45) is 0 Å². The van der Waals surface area contributed by atoms with Gasteiger partial charge < -0.3 is 9.64 Å². The number of nitrogens with one attached hydrogen (secondary N) is 1. The fraction of sp³-hybridized carbons (Fsp3) is 0.579. The average molecular weight is 328 g/mol. The van der Waals surface area contributed by atoms with Gasteiger partial charge in [-0.05, 0) is 36.8 Å². The largest absolute Gasteiger partial charge is 0.489 e. The van der Waals surface area contributed by atoms with Crippen LogP contribution in [0.5, 0.6) is 5.75 Å². The lowest BCUT2D eigenvalue weighted by molar-refractivity contribution is -0.134. The molecule has 128 valence electrons. The molecular weight excluding hydrogens is 304 g/mol. The third-order valence-corrected chi connectivity index (χ3v) is 5.54. The van der Waals surface area contributed by atoms with Crippen LogP contribution in [0.4, 0.5) is 5.69 Å². The molecule has 1 unspecified atom stereocenters. The molecule has 2 heterocycles. The van der Waals surface area contributed by atoms with Crippen molar-refractivity contribution in [1.82, 2.24) is 5.32 Å². The second-order valence-corrected chi connectivity index (χ2v) is 7.04. The predicted octanol–water partition coefficient (Wildman–Crippen LogP) is 2.74. The van der Waals surface area contributed by atoms with Crippen LogP contribution in [0, 0.1) is 0 Å². The zero-order valence-corrected chi connectivity index (χ0v) is 13.9. The van der Waals surface area contributed by atoms with Gasteiger partial charge in [-0.2, -0.15) is 0 Å². The molecule has 0 radical (unpaired) electrons. The second kappa shape index (κ2) is 6.46. The van der Waals surface area contributed by atoms with Crippen molar-refractivity contribution >= 4 is 17.5 Å². The van der Waals surface area contributed by atoms with Gasteiger partial charge in [0.15, 0.2) is 0 Å². The Balaban J connectivity index is 1.65. The first-order valence-corrected chi connectivity index (χ1v) is 9.10. The molecule has 0 aromatic heterocycles. The number of rotatable bonds is 2. The maximum atomic E-state index is 12.3. The number of carbonyl (C=O) groups is 2. The molecule has 1 saturated carbocycles. The minimum Gasteiger partial charge on any atom is -0.489 e. The first-order valence-electron chi connectivity index (χ1n) is 9.10. The number of carbonyl (C=O) groups excluding carboxylic acids is 2. The van der Waals surface area contributed by atoms with E-state index in [1.165, 1.54) is 37.7 Å². The third-order valence-electron chi connectivity index (χ3n) is 5.54. The summed E-state index contributed by atoms with van der Waals surface area (Å²) >= 11 is 0. The van der Waals surface area contributed by atoms with Crippen molar-refractivity contribution < 1.29 is 14.3 Å². The Morgan fingerprint density at radius 2 is 1.92 bits per heavy atom. The molecule has 2 fully saturated rings. The van der Waals surface area contributed by atoms with E-state index in [-0.39, 0.29) is 17.9 Å². The van der Waals surface area contributed by atoms with Gasteiger partial charge in [0.05, 0.1) is 12.2 Å². The van der Waals surface area contributed by atoms with E-state index in [1.807, 2.05) is 6.07 Å². The summed E-state index contributed by atoms with van der Waals surface area (Å²) in [6, 6.07) is 6.04. The zero-order valence-electron chi connectivity index (χ0n) is 13.9. The summed E-state index contributed by atoms with van der Waals surface area (Å²) in [4.78, 5) is 25.9. The SMILES string of the molecule is O=C1CCC(N2CCOc3c(C4CCCCC4)cccc32)C(=O)N1. The minimum absolute atomic E-state index is 0.166. The number of hydrogen-bond donors (Lipinski definition) is 1. The molecule has 1 N–H and O–H groups in total. The topological polar surface area (TPSA) is 58.6 Å². The van der Waals surface area contributed by atoms with Crippen molar-refractivity contribution in [3.05, 3.63) is 23.8 Å². The van der Waals surface area contributed by atoms with Crippen molar-refractivity contribution in [2.75, 3.05) is 18.1 Å². The number of ether oxygens (including phenoxy) is 1. The van der Waals surface area contributed by atoms with Gasteiger partial charge in [-0.3, -0.25) is 14.9 Å². The molecule has 3 aliphatic rings. The quantitative estimate of drug-likeness (QED) is 0.848. The monoisotopic (exact) mass is 328 g/mol. The van der Waals surface area contributed by atoms with Gasteiger partial charge in [0.2, 0.25) is 11.8 Å². The highest BCUT2D eigenvalue weighted by Crippen LogP contribution is 2.44. The minimum atomic E-state index is -0.271. The van der Waals surface area contributed by atoms with Crippen LogP contribution in [0.2, 0.25) is 0 Å². The number of anilines is 1. The van der Waals surface area contributed by atoms with Crippen molar-refractivity contribution in [2.45, 2.75) is 56.9 Å². The molecular formula is C19H24N2O3. The summed E-state index contributed by atoms with van der Waals surface area (Å²) in [5.74, 6) is 1.18. The molecule has 1 aliphatic carbocycles. The van der Waals surface area contributed by atoms with E-state index < -0.39 is 0 Å². The van der Waals surface area contributed by atoms with E-state index in [2.05, 4.69) is 22.3 Å². The van der Waals surface area contributed by atoms with Crippen LogP contribution in [0.25, 0.3) is 0 Å². The summed E-state index contributed by atoms with van der Waals surface area (Å²) in [5, 5.41) is 2.48. The van der Waals surface area contributed by atoms with E-state index in [4.69, 9.17) is 4.74 Å². The lowest BCUT2D eigenvalue weighted by atomic mass is 9.83. The Bertz CT molecular complexity index is 652. The highest BCUT2D eigenvalue weighted by atomic mass is 16.5.